The van der Waals surface area contributed by atoms with Crippen LogP contribution in [0.4, 0.5) is 4.39 Å². The zero-order valence-corrected chi connectivity index (χ0v) is 14.4. The first-order valence-electron chi connectivity index (χ1n) is 8.56. The first-order valence-corrected chi connectivity index (χ1v) is 8.56. The maximum absolute atomic E-state index is 13.4. The Morgan fingerprint density at radius 1 is 1.42 bits per heavy atom. The number of aromatic amines is 1. The monoisotopic (exact) mass is 358 g/mol. The van der Waals surface area contributed by atoms with Crippen LogP contribution in [0.15, 0.2) is 28.9 Å². The van der Waals surface area contributed by atoms with Gasteiger partial charge in [0, 0.05) is 0 Å². The Hall–Kier alpha value is -2.74. The zero-order chi connectivity index (χ0) is 18.1. The van der Waals surface area contributed by atoms with Crippen molar-refractivity contribution in [2.24, 2.45) is 0 Å². The fourth-order valence-corrected chi connectivity index (χ4v) is 3.40. The van der Waals surface area contributed by atoms with Crippen LogP contribution in [0.5, 0.6) is 0 Å². The molecule has 0 spiro atoms. The molecule has 8 heteroatoms. The summed E-state index contributed by atoms with van der Waals surface area (Å²) < 4.78 is 23.5. The molecule has 1 unspecified atom stereocenters. The van der Waals surface area contributed by atoms with Gasteiger partial charge < -0.3 is 14.1 Å². The van der Waals surface area contributed by atoms with Gasteiger partial charge in [-0.15, -0.1) is 0 Å². The quantitative estimate of drug-likeness (QED) is 0.721. The third kappa shape index (κ3) is 3.20. The molecule has 26 heavy (non-hydrogen) atoms. The molecule has 0 saturated carbocycles. The summed E-state index contributed by atoms with van der Waals surface area (Å²) in [7, 11) is 1.31. The third-order valence-corrected chi connectivity index (χ3v) is 4.68. The summed E-state index contributed by atoms with van der Waals surface area (Å²) in [6.07, 6.45) is 4.40. The van der Waals surface area contributed by atoms with Gasteiger partial charge in [0.2, 0.25) is 5.89 Å². The Morgan fingerprint density at radius 2 is 2.31 bits per heavy atom. The van der Waals surface area contributed by atoms with Crippen molar-refractivity contribution in [1.29, 1.82) is 0 Å². The molecular formula is C18H19FN4O3. The van der Waals surface area contributed by atoms with Crippen LogP contribution in [0.1, 0.15) is 47.5 Å². The van der Waals surface area contributed by atoms with Gasteiger partial charge in [-0.1, -0.05) is 6.42 Å². The van der Waals surface area contributed by atoms with Gasteiger partial charge >= 0.3 is 5.97 Å². The number of H-pyrrole nitrogens is 1. The normalized spacial score (nSPS) is 18.3. The van der Waals surface area contributed by atoms with E-state index in [0.717, 1.165) is 37.1 Å². The number of fused-ring (bicyclic) bond motifs is 1. The van der Waals surface area contributed by atoms with Gasteiger partial charge in [-0.3, -0.25) is 4.90 Å². The van der Waals surface area contributed by atoms with E-state index < -0.39 is 5.97 Å². The van der Waals surface area contributed by atoms with Crippen LogP contribution >= 0.6 is 0 Å². The van der Waals surface area contributed by atoms with Crippen LogP contribution in [0.25, 0.3) is 11.0 Å². The van der Waals surface area contributed by atoms with E-state index in [1.807, 2.05) is 0 Å². The van der Waals surface area contributed by atoms with Crippen molar-refractivity contribution in [3.63, 3.8) is 0 Å². The number of hydrogen-bond donors (Lipinski definition) is 1. The average molecular weight is 358 g/mol. The number of ether oxygens (including phenoxy) is 1. The molecule has 1 fully saturated rings. The molecule has 136 valence electrons. The summed E-state index contributed by atoms with van der Waals surface area (Å²) in [6.45, 7) is 1.33. The smallest absolute Gasteiger partial charge is 0.360 e. The van der Waals surface area contributed by atoms with Crippen LogP contribution in [0.3, 0.4) is 0 Å². The standard InChI is InChI=1S/C18H19FN4O3/c1-25-18(24)14-10-26-16(20-14)9-23-7-3-2-4-15(23)17-21-12-6-5-11(19)8-13(12)22-17/h5-6,8,10,15H,2-4,7,9H2,1H3,(H,21,22). The summed E-state index contributed by atoms with van der Waals surface area (Å²) in [4.78, 5) is 25.8. The number of nitrogens with zero attached hydrogens (tertiary/aromatic N) is 3. The lowest BCUT2D eigenvalue weighted by atomic mass is 10.0. The molecule has 0 radical (unpaired) electrons. The summed E-state index contributed by atoms with van der Waals surface area (Å²) >= 11 is 0. The second kappa shape index (κ2) is 6.87. The first kappa shape index (κ1) is 16.7. The number of imidazole rings is 1. The van der Waals surface area contributed by atoms with E-state index in [1.54, 1.807) is 6.07 Å². The molecule has 1 N–H and O–H groups in total. The number of methoxy groups -OCH3 is 1. The molecule has 0 amide bonds. The van der Waals surface area contributed by atoms with Gasteiger partial charge in [0.1, 0.15) is 17.9 Å². The molecule has 2 aromatic heterocycles. The van der Waals surface area contributed by atoms with E-state index >= 15 is 0 Å². The van der Waals surface area contributed by atoms with E-state index in [4.69, 9.17) is 4.42 Å². The van der Waals surface area contributed by atoms with Gasteiger partial charge in [0.05, 0.1) is 30.7 Å². The first-order chi connectivity index (χ1) is 12.6. The maximum atomic E-state index is 13.4. The number of piperidine rings is 1. The number of carbonyl (C=O) groups is 1. The highest BCUT2D eigenvalue weighted by Gasteiger charge is 2.28. The second-order valence-electron chi connectivity index (χ2n) is 6.38. The molecule has 0 aliphatic carbocycles. The van der Waals surface area contributed by atoms with E-state index in [9.17, 15) is 9.18 Å². The summed E-state index contributed by atoms with van der Waals surface area (Å²) in [5, 5.41) is 0. The lowest BCUT2D eigenvalue weighted by Crippen LogP contribution is -2.33. The van der Waals surface area contributed by atoms with Crippen LogP contribution in [0.2, 0.25) is 0 Å². The number of likely N-dealkylation sites (tertiary alicyclic amines) is 1. The van der Waals surface area contributed by atoms with Crippen LogP contribution in [-0.2, 0) is 11.3 Å². The highest BCUT2D eigenvalue weighted by molar-refractivity contribution is 5.86. The summed E-state index contributed by atoms with van der Waals surface area (Å²) in [5.74, 6) is 0.460. The fraction of sp³-hybridized carbons (Fsp3) is 0.389. The predicted molar refractivity (Wildman–Crippen MR) is 90.9 cm³/mol. The zero-order valence-electron chi connectivity index (χ0n) is 14.4. The number of carbonyl (C=O) groups excluding carboxylic acids is 1. The van der Waals surface area contributed by atoms with Gasteiger partial charge in [0.15, 0.2) is 5.69 Å². The molecule has 7 nitrogen and oxygen atoms in total. The van der Waals surface area contributed by atoms with E-state index in [1.165, 1.54) is 25.5 Å². The van der Waals surface area contributed by atoms with Gasteiger partial charge in [-0.05, 0) is 37.6 Å². The SMILES string of the molecule is COC(=O)c1coc(CN2CCCCC2c2nc3ccc(F)cc3[nH]2)n1. The van der Waals surface area contributed by atoms with Crippen LogP contribution < -0.4 is 0 Å². The van der Waals surface area contributed by atoms with Crippen molar-refractivity contribution in [3.8, 4) is 0 Å². The molecule has 4 rings (SSSR count). The van der Waals surface area contributed by atoms with Crippen molar-refractivity contribution < 1.29 is 18.3 Å². The lowest BCUT2D eigenvalue weighted by Gasteiger charge is -2.33. The largest absolute Gasteiger partial charge is 0.464 e. The molecule has 1 atom stereocenters. The van der Waals surface area contributed by atoms with Crippen molar-refractivity contribution in [2.75, 3.05) is 13.7 Å². The van der Waals surface area contributed by atoms with Crippen molar-refractivity contribution in [2.45, 2.75) is 31.8 Å². The lowest BCUT2D eigenvalue weighted by molar-refractivity contribution is 0.0593. The molecular weight excluding hydrogens is 339 g/mol. The molecule has 3 heterocycles. The number of rotatable bonds is 4. The van der Waals surface area contributed by atoms with Crippen molar-refractivity contribution in [1.82, 2.24) is 19.9 Å². The number of nitrogens with one attached hydrogen (secondary N) is 1. The van der Waals surface area contributed by atoms with E-state index in [0.29, 0.717) is 18.0 Å². The van der Waals surface area contributed by atoms with Gasteiger partial charge in [0.25, 0.3) is 0 Å². The number of aromatic nitrogens is 3. The Balaban J connectivity index is 1.57. The average Bonchev–Trinajstić information content (AvgIpc) is 3.28. The van der Waals surface area contributed by atoms with E-state index in [-0.39, 0.29) is 17.6 Å². The molecule has 1 saturated heterocycles. The fourth-order valence-electron chi connectivity index (χ4n) is 3.40. The Morgan fingerprint density at radius 3 is 3.15 bits per heavy atom. The number of halogens is 1. The number of hydrogen-bond acceptors (Lipinski definition) is 6. The summed E-state index contributed by atoms with van der Waals surface area (Å²) in [5.41, 5.74) is 1.60. The molecule has 1 aliphatic rings. The Kier molecular flexibility index (Phi) is 4.42. The van der Waals surface area contributed by atoms with Gasteiger partial charge in [-0.2, -0.15) is 0 Å². The van der Waals surface area contributed by atoms with Crippen LogP contribution in [-0.4, -0.2) is 39.5 Å². The third-order valence-electron chi connectivity index (χ3n) is 4.68. The predicted octanol–water partition coefficient (Wildman–Crippen LogP) is 3.20. The Labute approximate surface area is 149 Å². The Bertz CT molecular complexity index is 936. The number of benzene rings is 1. The summed E-state index contributed by atoms with van der Waals surface area (Å²) in [6, 6.07) is 4.60. The minimum Gasteiger partial charge on any atom is -0.464 e. The van der Waals surface area contributed by atoms with E-state index in [2.05, 4.69) is 24.6 Å². The minimum atomic E-state index is -0.519. The molecule has 1 aromatic carbocycles. The van der Waals surface area contributed by atoms with Gasteiger partial charge in [-0.25, -0.2) is 19.2 Å². The number of esters is 1. The molecule has 1 aliphatic heterocycles. The van der Waals surface area contributed by atoms with Crippen molar-refractivity contribution >= 4 is 17.0 Å². The highest BCUT2D eigenvalue weighted by Crippen LogP contribution is 2.31. The van der Waals surface area contributed by atoms with Crippen molar-refractivity contribution in [3.05, 3.63) is 47.7 Å². The highest BCUT2D eigenvalue weighted by atomic mass is 19.1. The second-order valence-corrected chi connectivity index (χ2v) is 6.38. The molecule has 0 bridgehead atoms. The molecule has 3 aromatic rings. The minimum absolute atomic E-state index is 0.0627. The topological polar surface area (TPSA) is 84.2 Å². The van der Waals surface area contributed by atoms with Crippen LogP contribution in [0, 0.1) is 5.82 Å². The number of oxazole rings is 1. The maximum Gasteiger partial charge on any atom is 0.360 e.